The summed E-state index contributed by atoms with van der Waals surface area (Å²) in [7, 11) is 1.69. The summed E-state index contributed by atoms with van der Waals surface area (Å²) >= 11 is 0. The maximum Gasteiger partial charge on any atom is 0.226 e. The number of hydrogen-bond acceptors (Lipinski definition) is 5. The maximum atomic E-state index is 8.67. The second-order valence-corrected chi connectivity index (χ2v) is 4.22. The first-order valence-electron chi connectivity index (χ1n) is 5.81. The van der Waals surface area contributed by atoms with E-state index in [0.29, 0.717) is 17.6 Å². The zero-order valence-corrected chi connectivity index (χ0v) is 9.56. The maximum absolute atomic E-state index is 8.67. The van der Waals surface area contributed by atoms with Gasteiger partial charge in [-0.15, -0.1) is 0 Å². The Morgan fingerprint density at radius 3 is 2.94 bits per heavy atom. The highest BCUT2D eigenvalue weighted by molar-refractivity contribution is 4.98. The van der Waals surface area contributed by atoms with Crippen molar-refractivity contribution in [3.05, 3.63) is 11.7 Å². The third kappa shape index (κ3) is 2.80. The monoisotopic (exact) mass is 226 g/mol. The molecular formula is C11H18N2O3. The molecule has 1 atom stereocenters. The fourth-order valence-corrected chi connectivity index (χ4v) is 1.78. The van der Waals surface area contributed by atoms with E-state index in [1.165, 1.54) is 12.8 Å². The van der Waals surface area contributed by atoms with Gasteiger partial charge in [0.25, 0.3) is 0 Å². The van der Waals surface area contributed by atoms with Crippen molar-refractivity contribution in [1.29, 1.82) is 0 Å². The number of aryl methyl sites for hydroxylation is 1. The second-order valence-electron chi connectivity index (χ2n) is 4.22. The molecule has 5 nitrogen and oxygen atoms in total. The molecule has 1 N–H and O–H groups in total. The Bertz CT molecular complexity index is 323. The molecule has 5 heteroatoms. The van der Waals surface area contributed by atoms with Crippen LogP contribution in [0.3, 0.4) is 0 Å². The standard InChI is InChI=1S/C11H18N2O3/c1-15-10(8-5-6-8)11-12-9(16-13-11)4-2-3-7-14/h8,10,14H,2-7H2,1H3. The lowest BCUT2D eigenvalue weighted by atomic mass is 10.2. The van der Waals surface area contributed by atoms with E-state index in [9.17, 15) is 0 Å². The van der Waals surface area contributed by atoms with Crippen LogP contribution in [-0.4, -0.2) is 29.0 Å². The van der Waals surface area contributed by atoms with Crippen LogP contribution in [0.1, 0.15) is 43.5 Å². The summed E-state index contributed by atoms with van der Waals surface area (Å²) in [5, 5.41) is 12.6. The van der Waals surface area contributed by atoms with Crippen LogP contribution in [0.25, 0.3) is 0 Å². The number of hydrogen-bond donors (Lipinski definition) is 1. The van der Waals surface area contributed by atoms with Gasteiger partial charge < -0.3 is 14.4 Å². The van der Waals surface area contributed by atoms with Gasteiger partial charge in [0.1, 0.15) is 6.10 Å². The minimum Gasteiger partial charge on any atom is -0.396 e. The van der Waals surface area contributed by atoms with Gasteiger partial charge in [0, 0.05) is 20.1 Å². The van der Waals surface area contributed by atoms with Gasteiger partial charge >= 0.3 is 0 Å². The third-order valence-electron chi connectivity index (χ3n) is 2.84. The molecule has 16 heavy (non-hydrogen) atoms. The lowest BCUT2D eigenvalue weighted by molar-refractivity contribution is 0.0751. The molecule has 0 bridgehead atoms. The summed E-state index contributed by atoms with van der Waals surface area (Å²) in [6.07, 6.45) is 4.75. The zero-order chi connectivity index (χ0) is 11.4. The highest BCUT2D eigenvalue weighted by atomic mass is 16.5. The number of aliphatic hydroxyl groups is 1. The number of methoxy groups -OCH3 is 1. The van der Waals surface area contributed by atoms with Gasteiger partial charge in [-0.2, -0.15) is 4.98 Å². The van der Waals surface area contributed by atoms with E-state index in [4.69, 9.17) is 14.4 Å². The van der Waals surface area contributed by atoms with E-state index in [0.717, 1.165) is 19.3 Å². The Hall–Kier alpha value is -0.940. The molecule has 0 aromatic carbocycles. The van der Waals surface area contributed by atoms with Crippen molar-refractivity contribution in [2.24, 2.45) is 5.92 Å². The van der Waals surface area contributed by atoms with Crippen molar-refractivity contribution in [3.63, 3.8) is 0 Å². The molecular weight excluding hydrogens is 208 g/mol. The summed E-state index contributed by atoms with van der Waals surface area (Å²) in [6, 6.07) is 0. The van der Waals surface area contributed by atoms with Gasteiger partial charge in [0.15, 0.2) is 0 Å². The average Bonchev–Trinajstić information content (AvgIpc) is 3.01. The third-order valence-corrected chi connectivity index (χ3v) is 2.84. The average molecular weight is 226 g/mol. The highest BCUT2D eigenvalue weighted by Crippen LogP contribution is 2.41. The zero-order valence-electron chi connectivity index (χ0n) is 9.56. The largest absolute Gasteiger partial charge is 0.396 e. The van der Waals surface area contributed by atoms with Gasteiger partial charge in [0.05, 0.1) is 0 Å². The molecule has 0 aliphatic heterocycles. The van der Waals surface area contributed by atoms with Crippen LogP contribution in [-0.2, 0) is 11.2 Å². The fourth-order valence-electron chi connectivity index (χ4n) is 1.78. The molecule has 0 amide bonds. The Balaban J connectivity index is 1.90. The normalized spacial score (nSPS) is 17.6. The SMILES string of the molecule is COC(c1noc(CCCCO)n1)C1CC1. The number of ether oxygens (including phenoxy) is 1. The van der Waals surface area contributed by atoms with Crippen LogP contribution in [0.4, 0.5) is 0 Å². The van der Waals surface area contributed by atoms with Gasteiger partial charge in [-0.05, 0) is 31.6 Å². The van der Waals surface area contributed by atoms with Crippen molar-refractivity contribution >= 4 is 0 Å². The van der Waals surface area contributed by atoms with Gasteiger partial charge in [0.2, 0.25) is 11.7 Å². The van der Waals surface area contributed by atoms with E-state index >= 15 is 0 Å². The molecule has 1 aromatic rings. The summed E-state index contributed by atoms with van der Waals surface area (Å²) in [4.78, 5) is 4.33. The van der Waals surface area contributed by atoms with Crippen LogP contribution in [0.2, 0.25) is 0 Å². The van der Waals surface area contributed by atoms with Crippen molar-refractivity contribution in [2.45, 2.75) is 38.2 Å². The van der Waals surface area contributed by atoms with Gasteiger partial charge in [-0.25, -0.2) is 0 Å². The van der Waals surface area contributed by atoms with Crippen LogP contribution in [0.5, 0.6) is 0 Å². The first-order valence-corrected chi connectivity index (χ1v) is 5.81. The van der Waals surface area contributed by atoms with E-state index in [1.54, 1.807) is 7.11 Å². The van der Waals surface area contributed by atoms with Crippen LogP contribution in [0.15, 0.2) is 4.52 Å². The quantitative estimate of drug-likeness (QED) is 0.713. The van der Waals surface area contributed by atoms with E-state index in [-0.39, 0.29) is 12.7 Å². The van der Waals surface area contributed by atoms with Gasteiger partial charge in [-0.3, -0.25) is 0 Å². The van der Waals surface area contributed by atoms with Gasteiger partial charge in [-0.1, -0.05) is 5.16 Å². The summed E-state index contributed by atoms with van der Waals surface area (Å²) in [5.41, 5.74) is 0. The first-order chi connectivity index (χ1) is 7.85. The Kier molecular flexibility index (Phi) is 3.90. The molecule has 1 unspecified atom stereocenters. The molecule has 0 saturated heterocycles. The molecule has 2 rings (SSSR count). The molecule has 1 heterocycles. The molecule has 0 spiro atoms. The first kappa shape index (κ1) is 11.5. The number of rotatable bonds is 7. The molecule has 0 radical (unpaired) electrons. The molecule has 1 fully saturated rings. The Morgan fingerprint density at radius 2 is 2.31 bits per heavy atom. The fraction of sp³-hybridized carbons (Fsp3) is 0.818. The minimum absolute atomic E-state index is 0.00431. The summed E-state index contributed by atoms with van der Waals surface area (Å²) < 4.78 is 10.5. The predicted molar refractivity (Wildman–Crippen MR) is 56.8 cm³/mol. The molecule has 90 valence electrons. The molecule has 1 aromatic heterocycles. The van der Waals surface area contributed by atoms with Crippen molar-refractivity contribution in [2.75, 3.05) is 13.7 Å². The highest BCUT2D eigenvalue weighted by Gasteiger charge is 2.35. The van der Waals surface area contributed by atoms with E-state index in [1.807, 2.05) is 0 Å². The van der Waals surface area contributed by atoms with Crippen LogP contribution >= 0.6 is 0 Å². The second kappa shape index (κ2) is 5.41. The van der Waals surface area contributed by atoms with E-state index in [2.05, 4.69) is 10.1 Å². The number of aliphatic hydroxyl groups excluding tert-OH is 1. The number of nitrogens with zero attached hydrogens (tertiary/aromatic N) is 2. The minimum atomic E-state index is -0.00431. The molecule has 1 saturated carbocycles. The van der Waals surface area contributed by atoms with Crippen molar-refractivity contribution in [3.8, 4) is 0 Å². The summed E-state index contributed by atoms with van der Waals surface area (Å²) in [5.74, 6) is 1.88. The Labute approximate surface area is 94.8 Å². The Morgan fingerprint density at radius 1 is 1.50 bits per heavy atom. The smallest absolute Gasteiger partial charge is 0.226 e. The van der Waals surface area contributed by atoms with Crippen LogP contribution in [0, 0.1) is 5.92 Å². The molecule has 1 aliphatic rings. The predicted octanol–water partition coefficient (Wildman–Crippen LogP) is 1.48. The lowest BCUT2D eigenvalue weighted by Gasteiger charge is -2.08. The number of unbranched alkanes of at least 4 members (excludes halogenated alkanes) is 1. The summed E-state index contributed by atoms with van der Waals surface area (Å²) in [6.45, 7) is 0.212. The van der Waals surface area contributed by atoms with E-state index < -0.39 is 0 Å². The van der Waals surface area contributed by atoms with Crippen molar-refractivity contribution in [1.82, 2.24) is 10.1 Å². The van der Waals surface area contributed by atoms with Crippen LogP contribution < -0.4 is 0 Å². The van der Waals surface area contributed by atoms with Crippen molar-refractivity contribution < 1.29 is 14.4 Å². The number of aromatic nitrogens is 2. The topological polar surface area (TPSA) is 68.4 Å². The lowest BCUT2D eigenvalue weighted by Crippen LogP contribution is -2.05. The molecule has 1 aliphatic carbocycles.